The van der Waals surface area contributed by atoms with E-state index < -0.39 is 0 Å². The van der Waals surface area contributed by atoms with Crippen LogP contribution in [-0.4, -0.2) is 52.9 Å². The van der Waals surface area contributed by atoms with Crippen LogP contribution in [0.4, 0.5) is 0 Å². The van der Waals surface area contributed by atoms with E-state index in [-0.39, 0.29) is 6.04 Å². The van der Waals surface area contributed by atoms with E-state index in [1.165, 1.54) is 0 Å². The fraction of sp³-hybridized carbons (Fsp3) is 0.571. The van der Waals surface area contributed by atoms with Crippen molar-refractivity contribution in [3.63, 3.8) is 0 Å². The molecule has 0 aliphatic carbocycles. The summed E-state index contributed by atoms with van der Waals surface area (Å²) in [4.78, 5) is 9.00. The van der Waals surface area contributed by atoms with Crippen LogP contribution in [0, 0.1) is 6.92 Å². The summed E-state index contributed by atoms with van der Waals surface area (Å²) in [6.07, 6.45) is 2.02. The van der Waals surface area contributed by atoms with Crippen LogP contribution < -0.4 is 0 Å². The largest absolute Gasteiger partial charge is 0.454 e. The van der Waals surface area contributed by atoms with Crippen LogP contribution in [0.5, 0.6) is 0 Å². The van der Waals surface area contributed by atoms with Gasteiger partial charge in [0.1, 0.15) is 11.8 Å². The van der Waals surface area contributed by atoms with Gasteiger partial charge in [-0.15, -0.1) is 0 Å². The summed E-state index contributed by atoms with van der Waals surface area (Å²) in [6.45, 7) is 5.52. The minimum absolute atomic E-state index is 0.148. The molecule has 2 aromatic heterocycles. The van der Waals surface area contributed by atoms with Crippen molar-refractivity contribution in [3.05, 3.63) is 29.6 Å². The molecule has 21 heavy (non-hydrogen) atoms. The number of furan rings is 1. The second kappa shape index (κ2) is 6.21. The molecule has 1 aliphatic rings. The number of hydrogen-bond acceptors (Lipinski definition) is 7. The zero-order valence-electron chi connectivity index (χ0n) is 12.6. The van der Waals surface area contributed by atoms with Gasteiger partial charge in [0, 0.05) is 19.6 Å². The quantitative estimate of drug-likeness (QED) is 0.802. The standard InChI is InChI=1S/C14H20N4O2S/c1-10-15-14(20-16-10)12-9-18(7-6-17(12)2)8-11-4-5-13(19-11)21-3/h4-5,12H,6-9H2,1-3H3. The van der Waals surface area contributed by atoms with Crippen LogP contribution in [0.15, 0.2) is 26.2 Å². The van der Waals surface area contributed by atoms with Crippen LogP contribution in [0.2, 0.25) is 0 Å². The highest BCUT2D eigenvalue weighted by molar-refractivity contribution is 7.98. The maximum atomic E-state index is 5.76. The molecule has 1 aliphatic heterocycles. The molecular weight excluding hydrogens is 288 g/mol. The van der Waals surface area contributed by atoms with Gasteiger partial charge >= 0.3 is 0 Å². The van der Waals surface area contributed by atoms with Crippen molar-refractivity contribution in [2.75, 3.05) is 32.9 Å². The molecule has 3 heterocycles. The number of aromatic nitrogens is 2. The number of hydrogen-bond donors (Lipinski definition) is 0. The Morgan fingerprint density at radius 3 is 2.90 bits per heavy atom. The van der Waals surface area contributed by atoms with Crippen molar-refractivity contribution in [2.45, 2.75) is 24.6 Å². The lowest BCUT2D eigenvalue weighted by molar-refractivity contribution is 0.0667. The van der Waals surface area contributed by atoms with Gasteiger partial charge in [0.25, 0.3) is 0 Å². The molecular formula is C14H20N4O2S. The fourth-order valence-corrected chi connectivity index (χ4v) is 2.96. The molecule has 0 radical (unpaired) electrons. The summed E-state index contributed by atoms with van der Waals surface area (Å²) in [5.74, 6) is 2.39. The summed E-state index contributed by atoms with van der Waals surface area (Å²) >= 11 is 1.63. The highest BCUT2D eigenvalue weighted by Gasteiger charge is 2.30. The zero-order valence-corrected chi connectivity index (χ0v) is 13.4. The van der Waals surface area contributed by atoms with Gasteiger partial charge < -0.3 is 8.94 Å². The third-order valence-electron chi connectivity index (χ3n) is 3.78. The fourth-order valence-electron chi connectivity index (χ4n) is 2.56. The minimum Gasteiger partial charge on any atom is -0.454 e. The highest BCUT2D eigenvalue weighted by Crippen LogP contribution is 2.25. The number of likely N-dealkylation sites (N-methyl/N-ethyl adjacent to an activating group) is 1. The molecule has 1 atom stereocenters. The number of thioether (sulfide) groups is 1. The van der Waals surface area contributed by atoms with Gasteiger partial charge in [-0.1, -0.05) is 16.9 Å². The van der Waals surface area contributed by atoms with E-state index in [4.69, 9.17) is 8.94 Å². The molecule has 114 valence electrons. The Bertz CT molecular complexity index is 597. The van der Waals surface area contributed by atoms with E-state index in [0.29, 0.717) is 11.7 Å². The second-order valence-corrected chi connectivity index (χ2v) is 6.15. The van der Waals surface area contributed by atoms with Gasteiger partial charge in [-0.05, 0) is 32.4 Å². The van der Waals surface area contributed by atoms with E-state index in [0.717, 1.165) is 37.0 Å². The van der Waals surface area contributed by atoms with Crippen molar-refractivity contribution in [3.8, 4) is 0 Å². The number of nitrogens with zero attached hydrogens (tertiary/aromatic N) is 4. The van der Waals surface area contributed by atoms with Crippen LogP contribution >= 0.6 is 11.8 Å². The molecule has 1 unspecified atom stereocenters. The van der Waals surface area contributed by atoms with Crippen molar-refractivity contribution < 1.29 is 8.94 Å². The molecule has 3 rings (SSSR count). The van der Waals surface area contributed by atoms with Crippen molar-refractivity contribution in [2.24, 2.45) is 0 Å². The van der Waals surface area contributed by atoms with E-state index >= 15 is 0 Å². The SMILES string of the molecule is CSc1ccc(CN2CCN(C)C(c3nc(C)no3)C2)o1. The Balaban J connectivity index is 1.67. The molecule has 0 aromatic carbocycles. The average molecular weight is 308 g/mol. The summed E-state index contributed by atoms with van der Waals surface area (Å²) < 4.78 is 11.1. The Kier molecular flexibility index (Phi) is 4.32. The molecule has 0 amide bonds. The summed E-state index contributed by atoms with van der Waals surface area (Å²) in [5, 5.41) is 4.86. The first-order valence-electron chi connectivity index (χ1n) is 7.01. The third kappa shape index (κ3) is 3.30. The molecule has 6 nitrogen and oxygen atoms in total. The first-order valence-corrected chi connectivity index (χ1v) is 8.23. The van der Waals surface area contributed by atoms with Gasteiger partial charge in [0.15, 0.2) is 10.9 Å². The van der Waals surface area contributed by atoms with E-state index in [9.17, 15) is 0 Å². The smallest absolute Gasteiger partial charge is 0.245 e. The molecule has 1 fully saturated rings. The van der Waals surface area contributed by atoms with Crippen LogP contribution in [0.3, 0.4) is 0 Å². The van der Waals surface area contributed by atoms with E-state index in [1.54, 1.807) is 11.8 Å². The normalized spacial score (nSPS) is 21.0. The van der Waals surface area contributed by atoms with E-state index in [1.807, 2.05) is 19.2 Å². The van der Waals surface area contributed by atoms with Gasteiger partial charge in [-0.25, -0.2) is 0 Å². The van der Waals surface area contributed by atoms with Crippen LogP contribution in [-0.2, 0) is 6.54 Å². The minimum atomic E-state index is 0.148. The zero-order chi connectivity index (χ0) is 14.8. The molecule has 1 saturated heterocycles. The molecule has 2 aromatic rings. The predicted octanol–water partition coefficient (Wildman–Crippen LogP) is 2.18. The number of aryl methyl sites for hydroxylation is 1. The monoisotopic (exact) mass is 308 g/mol. The van der Waals surface area contributed by atoms with E-state index in [2.05, 4.69) is 33.1 Å². The topological polar surface area (TPSA) is 58.5 Å². The predicted molar refractivity (Wildman–Crippen MR) is 80.2 cm³/mol. The Hall–Kier alpha value is -1.31. The van der Waals surface area contributed by atoms with Gasteiger partial charge in [0.2, 0.25) is 5.89 Å². The molecule has 0 saturated carbocycles. The van der Waals surface area contributed by atoms with Gasteiger partial charge in [-0.3, -0.25) is 9.80 Å². The lowest BCUT2D eigenvalue weighted by Gasteiger charge is -2.37. The number of piperazine rings is 1. The first-order chi connectivity index (χ1) is 10.2. The maximum Gasteiger partial charge on any atom is 0.245 e. The number of rotatable bonds is 4. The second-order valence-electron chi connectivity index (χ2n) is 5.34. The maximum absolute atomic E-state index is 5.76. The molecule has 0 bridgehead atoms. The lowest BCUT2D eigenvalue weighted by atomic mass is 10.1. The van der Waals surface area contributed by atoms with Gasteiger partial charge in [0.05, 0.1) is 6.54 Å². The Labute approximate surface area is 128 Å². The lowest BCUT2D eigenvalue weighted by Crippen LogP contribution is -2.46. The Morgan fingerprint density at radius 2 is 2.24 bits per heavy atom. The van der Waals surface area contributed by atoms with Crippen molar-refractivity contribution >= 4 is 11.8 Å². The summed E-state index contributed by atoms with van der Waals surface area (Å²) in [6, 6.07) is 4.22. The van der Waals surface area contributed by atoms with Gasteiger partial charge in [-0.2, -0.15) is 4.98 Å². The van der Waals surface area contributed by atoms with Crippen molar-refractivity contribution in [1.29, 1.82) is 0 Å². The molecule has 0 spiro atoms. The Morgan fingerprint density at radius 1 is 1.38 bits per heavy atom. The van der Waals surface area contributed by atoms with Crippen molar-refractivity contribution in [1.82, 2.24) is 19.9 Å². The molecule has 0 N–H and O–H groups in total. The average Bonchev–Trinajstić information content (AvgIpc) is 3.10. The van der Waals surface area contributed by atoms with Crippen LogP contribution in [0.25, 0.3) is 0 Å². The summed E-state index contributed by atoms with van der Waals surface area (Å²) in [7, 11) is 2.10. The first kappa shape index (κ1) is 14.6. The molecule has 7 heteroatoms. The highest BCUT2D eigenvalue weighted by atomic mass is 32.2. The third-order valence-corrected chi connectivity index (χ3v) is 4.40. The summed E-state index contributed by atoms with van der Waals surface area (Å²) in [5.41, 5.74) is 0. The van der Waals surface area contributed by atoms with Crippen LogP contribution in [0.1, 0.15) is 23.5 Å².